The summed E-state index contributed by atoms with van der Waals surface area (Å²) in [5.41, 5.74) is 1.92. The van der Waals surface area contributed by atoms with Crippen LogP contribution in [0.15, 0.2) is 82.4 Å². The molecule has 4 aromatic rings. The highest BCUT2D eigenvalue weighted by atomic mass is 16.5. The lowest BCUT2D eigenvalue weighted by atomic mass is 10.1. The summed E-state index contributed by atoms with van der Waals surface area (Å²) in [6, 6.07) is 21.6. The number of ether oxygens (including phenoxy) is 1. The van der Waals surface area contributed by atoms with Crippen LogP contribution in [0.1, 0.15) is 30.9 Å². The lowest BCUT2D eigenvalue weighted by Crippen LogP contribution is -2.39. The third-order valence-corrected chi connectivity index (χ3v) is 5.94. The van der Waals surface area contributed by atoms with Crippen LogP contribution >= 0.6 is 0 Å². The number of nitrogens with one attached hydrogen (secondary N) is 1. The van der Waals surface area contributed by atoms with Crippen LogP contribution in [0.2, 0.25) is 0 Å². The van der Waals surface area contributed by atoms with Gasteiger partial charge < -0.3 is 10.1 Å². The Kier molecular flexibility index (Phi) is 7.45. The molecule has 0 spiro atoms. The van der Waals surface area contributed by atoms with Gasteiger partial charge in [0.05, 0.1) is 36.7 Å². The number of benzene rings is 3. The molecule has 0 aliphatic heterocycles. The van der Waals surface area contributed by atoms with Crippen molar-refractivity contribution >= 4 is 16.8 Å². The minimum atomic E-state index is -0.429. The van der Waals surface area contributed by atoms with E-state index in [2.05, 4.69) is 12.2 Å². The fraction of sp³-hybridized carbons (Fsp3) is 0.250. The number of rotatable bonds is 9. The summed E-state index contributed by atoms with van der Waals surface area (Å²) in [6.45, 7) is 3.02. The summed E-state index contributed by atoms with van der Waals surface area (Å²) in [5, 5.41) is 3.35. The normalized spacial score (nSPS) is 10.9. The summed E-state index contributed by atoms with van der Waals surface area (Å²) in [4.78, 5) is 39.1. The first-order valence-corrected chi connectivity index (χ1v) is 11.8. The fourth-order valence-corrected chi connectivity index (χ4v) is 4.07. The molecule has 0 aliphatic carbocycles. The fourth-order valence-electron chi connectivity index (χ4n) is 4.07. The Balaban J connectivity index is 1.72. The third kappa shape index (κ3) is 5.35. The second-order valence-corrected chi connectivity index (χ2v) is 8.42. The molecular weight excluding hydrogens is 442 g/mol. The van der Waals surface area contributed by atoms with Crippen LogP contribution in [0.4, 0.5) is 0 Å². The van der Waals surface area contributed by atoms with E-state index in [9.17, 15) is 14.4 Å². The Bertz CT molecular complexity index is 1450. The Hall–Kier alpha value is -4.13. The van der Waals surface area contributed by atoms with Crippen LogP contribution in [0.25, 0.3) is 16.6 Å². The zero-order valence-electron chi connectivity index (χ0n) is 20.0. The van der Waals surface area contributed by atoms with E-state index < -0.39 is 5.69 Å². The van der Waals surface area contributed by atoms with Crippen LogP contribution in [0, 0.1) is 0 Å². The number of unbranched alkanes of at least 4 members (excludes halogenated alkanes) is 1. The summed E-state index contributed by atoms with van der Waals surface area (Å²) in [7, 11) is 1.60. The Labute approximate surface area is 203 Å². The minimum Gasteiger partial charge on any atom is -0.497 e. The zero-order valence-corrected chi connectivity index (χ0v) is 20.0. The highest BCUT2D eigenvalue weighted by molar-refractivity contribution is 5.79. The summed E-state index contributed by atoms with van der Waals surface area (Å²) < 4.78 is 8.10. The van der Waals surface area contributed by atoms with E-state index in [-0.39, 0.29) is 24.4 Å². The van der Waals surface area contributed by atoms with Crippen LogP contribution in [0.5, 0.6) is 5.75 Å². The topological polar surface area (TPSA) is 82.3 Å². The molecule has 0 bridgehead atoms. The SMILES string of the molecule is CCCCNC(=O)Cc1ccc(-n2c(=O)c3ccccc3n(Cc3cccc(OC)c3)c2=O)cc1. The average Bonchev–Trinajstić information content (AvgIpc) is 2.88. The van der Waals surface area contributed by atoms with Crippen molar-refractivity contribution in [3.63, 3.8) is 0 Å². The van der Waals surface area contributed by atoms with E-state index in [0.29, 0.717) is 28.9 Å². The molecule has 1 amide bonds. The van der Waals surface area contributed by atoms with Gasteiger partial charge in [-0.15, -0.1) is 0 Å². The molecular formula is C28H29N3O4. The first-order chi connectivity index (χ1) is 17.0. The summed E-state index contributed by atoms with van der Waals surface area (Å²) >= 11 is 0. The zero-order chi connectivity index (χ0) is 24.8. The Morgan fingerprint density at radius 1 is 0.943 bits per heavy atom. The number of nitrogens with zero attached hydrogens (tertiary/aromatic N) is 2. The molecule has 0 saturated carbocycles. The molecule has 35 heavy (non-hydrogen) atoms. The predicted molar refractivity (Wildman–Crippen MR) is 138 cm³/mol. The van der Waals surface area contributed by atoms with Crippen molar-refractivity contribution in [2.24, 2.45) is 0 Å². The second-order valence-electron chi connectivity index (χ2n) is 8.42. The lowest BCUT2D eigenvalue weighted by Gasteiger charge is -2.15. The maximum absolute atomic E-state index is 13.6. The molecule has 0 unspecified atom stereocenters. The highest BCUT2D eigenvalue weighted by Gasteiger charge is 2.15. The Morgan fingerprint density at radius 2 is 1.71 bits per heavy atom. The van der Waals surface area contributed by atoms with Gasteiger partial charge in [0.2, 0.25) is 5.91 Å². The number of para-hydroxylation sites is 1. The lowest BCUT2D eigenvalue weighted by molar-refractivity contribution is -0.120. The number of fused-ring (bicyclic) bond motifs is 1. The maximum atomic E-state index is 13.6. The number of hydrogen-bond donors (Lipinski definition) is 1. The summed E-state index contributed by atoms with van der Waals surface area (Å²) in [5.74, 6) is 0.650. The van der Waals surface area contributed by atoms with Gasteiger partial charge in [-0.1, -0.05) is 49.7 Å². The molecule has 1 heterocycles. The van der Waals surface area contributed by atoms with Gasteiger partial charge in [-0.05, 0) is 53.9 Å². The molecule has 7 heteroatoms. The van der Waals surface area contributed by atoms with E-state index in [4.69, 9.17) is 4.74 Å². The standard InChI is InChI=1S/C28H29N3O4/c1-3-4-16-29-26(32)18-20-12-14-22(15-13-20)31-27(33)24-10-5-6-11-25(24)30(28(31)34)19-21-8-7-9-23(17-21)35-2/h5-15,17H,3-4,16,18-19H2,1-2H3,(H,29,32). The van der Waals surface area contributed by atoms with Gasteiger partial charge in [-0.2, -0.15) is 0 Å². The van der Waals surface area contributed by atoms with Crippen LogP contribution in [-0.2, 0) is 17.8 Å². The van der Waals surface area contributed by atoms with Gasteiger partial charge in [0.15, 0.2) is 0 Å². The Morgan fingerprint density at radius 3 is 2.46 bits per heavy atom. The van der Waals surface area contributed by atoms with E-state index in [0.717, 1.165) is 24.0 Å². The van der Waals surface area contributed by atoms with Gasteiger partial charge >= 0.3 is 5.69 Å². The predicted octanol–water partition coefficient (Wildman–Crippen LogP) is 3.67. The maximum Gasteiger partial charge on any atom is 0.336 e. The quantitative estimate of drug-likeness (QED) is 0.378. The van der Waals surface area contributed by atoms with E-state index in [1.807, 2.05) is 30.3 Å². The van der Waals surface area contributed by atoms with E-state index >= 15 is 0 Å². The van der Waals surface area contributed by atoms with Crippen molar-refractivity contribution < 1.29 is 9.53 Å². The van der Waals surface area contributed by atoms with Gasteiger partial charge in [-0.25, -0.2) is 9.36 Å². The number of aromatic nitrogens is 2. The van der Waals surface area contributed by atoms with Gasteiger partial charge in [0.25, 0.3) is 5.56 Å². The first kappa shape index (κ1) is 24.0. The molecule has 4 rings (SSSR count). The van der Waals surface area contributed by atoms with E-state index in [1.54, 1.807) is 54.1 Å². The van der Waals surface area contributed by atoms with Crippen LogP contribution < -0.4 is 21.3 Å². The molecule has 0 radical (unpaired) electrons. The smallest absolute Gasteiger partial charge is 0.336 e. The number of amides is 1. The molecule has 1 aromatic heterocycles. The molecule has 3 aromatic carbocycles. The number of carbonyl (C=O) groups is 1. The molecule has 0 aliphatic rings. The second kappa shape index (κ2) is 10.9. The molecule has 7 nitrogen and oxygen atoms in total. The van der Waals surface area contributed by atoms with Gasteiger partial charge in [0.1, 0.15) is 5.75 Å². The number of methoxy groups -OCH3 is 1. The minimum absolute atomic E-state index is 0.0466. The number of hydrogen-bond acceptors (Lipinski definition) is 4. The van der Waals surface area contributed by atoms with Crippen molar-refractivity contribution in [3.8, 4) is 11.4 Å². The van der Waals surface area contributed by atoms with Crippen LogP contribution in [-0.4, -0.2) is 28.7 Å². The molecule has 1 N–H and O–H groups in total. The molecule has 0 atom stereocenters. The third-order valence-electron chi connectivity index (χ3n) is 5.94. The molecule has 0 saturated heterocycles. The highest BCUT2D eigenvalue weighted by Crippen LogP contribution is 2.16. The van der Waals surface area contributed by atoms with Gasteiger partial charge in [0, 0.05) is 6.54 Å². The monoisotopic (exact) mass is 471 g/mol. The largest absolute Gasteiger partial charge is 0.497 e. The van der Waals surface area contributed by atoms with Crippen molar-refractivity contribution in [3.05, 3.63) is 105 Å². The number of carbonyl (C=O) groups excluding carboxylic acids is 1. The van der Waals surface area contributed by atoms with Gasteiger partial charge in [-0.3, -0.25) is 14.2 Å². The van der Waals surface area contributed by atoms with Crippen LogP contribution in [0.3, 0.4) is 0 Å². The molecule has 0 fully saturated rings. The van der Waals surface area contributed by atoms with Crippen molar-refractivity contribution in [1.82, 2.24) is 14.5 Å². The van der Waals surface area contributed by atoms with E-state index in [1.165, 1.54) is 4.57 Å². The summed E-state index contributed by atoms with van der Waals surface area (Å²) in [6.07, 6.45) is 2.21. The van der Waals surface area contributed by atoms with Crippen molar-refractivity contribution in [1.29, 1.82) is 0 Å². The molecule has 180 valence electrons. The average molecular weight is 472 g/mol. The van der Waals surface area contributed by atoms with Crippen molar-refractivity contribution in [2.75, 3.05) is 13.7 Å². The first-order valence-electron chi connectivity index (χ1n) is 11.8. The van der Waals surface area contributed by atoms with Crippen molar-refractivity contribution in [2.45, 2.75) is 32.7 Å².